The molecule has 0 aliphatic carbocycles. The Hall–Kier alpha value is -2.85. The highest BCUT2D eigenvalue weighted by atomic mass is 35.5. The first-order valence-corrected chi connectivity index (χ1v) is 7.42. The summed E-state index contributed by atoms with van der Waals surface area (Å²) in [5, 5.41) is 21.7. The van der Waals surface area contributed by atoms with Gasteiger partial charge in [-0.2, -0.15) is 4.48 Å². The minimum Gasteiger partial charge on any atom is -0.544 e. The van der Waals surface area contributed by atoms with Crippen LogP contribution in [0.15, 0.2) is 18.2 Å². The number of carbonyl (C=O) groups is 4. The molecule has 4 amide bonds. The Bertz CT molecular complexity index is 810. The molecule has 1 aliphatic rings. The molecule has 0 bridgehead atoms. The maximum absolute atomic E-state index is 12.5. The zero-order valence-corrected chi connectivity index (χ0v) is 13.7. The molecule has 1 saturated heterocycles. The van der Waals surface area contributed by atoms with Gasteiger partial charge in [0.2, 0.25) is 0 Å². The van der Waals surface area contributed by atoms with Gasteiger partial charge in [0.05, 0.1) is 24.0 Å². The van der Waals surface area contributed by atoms with E-state index in [-0.39, 0.29) is 17.1 Å². The molecule has 2 rings (SSSR count). The average Bonchev–Trinajstić information content (AvgIpc) is 2.71. The van der Waals surface area contributed by atoms with Crippen LogP contribution < -0.4 is 5.11 Å². The van der Waals surface area contributed by atoms with E-state index in [1.807, 2.05) is 0 Å². The Morgan fingerprint density at radius 1 is 1.32 bits per heavy atom. The van der Waals surface area contributed by atoms with Crippen LogP contribution in [-0.4, -0.2) is 51.2 Å². The number of nitrogens with zero attached hydrogens (tertiary/aromatic N) is 3. The molecule has 0 aromatic heterocycles. The predicted molar refractivity (Wildman–Crippen MR) is 79.7 cm³/mol. The molecule has 0 radical (unpaired) electrons. The summed E-state index contributed by atoms with van der Waals surface area (Å²) in [6.07, 6.45) is 0. The van der Waals surface area contributed by atoms with Crippen molar-refractivity contribution < 1.29 is 33.7 Å². The lowest BCUT2D eigenvalue weighted by atomic mass is 10.2. The minimum atomic E-state index is -1.65. The van der Waals surface area contributed by atoms with Crippen molar-refractivity contribution in [1.29, 1.82) is 0 Å². The Labute approximate surface area is 145 Å². The van der Waals surface area contributed by atoms with E-state index >= 15 is 0 Å². The number of halogens is 1. The highest BCUT2D eigenvalue weighted by Gasteiger charge is 2.60. The fraction of sp³-hybridized carbons (Fsp3) is 0.286. The molecule has 25 heavy (non-hydrogen) atoms. The van der Waals surface area contributed by atoms with Crippen molar-refractivity contribution in [3.8, 4) is 0 Å². The number of benzene rings is 1. The number of carboxylic acids is 1. The summed E-state index contributed by atoms with van der Waals surface area (Å²) in [5.41, 5.74) is -0.231. The number of amides is 4. The first-order chi connectivity index (χ1) is 11.6. The van der Waals surface area contributed by atoms with Gasteiger partial charge in [0.25, 0.3) is 5.69 Å². The summed E-state index contributed by atoms with van der Waals surface area (Å²) in [4.78, 5) is 58.5. The van der Waals surface area contributed by atoms with E-state index in [4.69, 9.17) is 11.6 Å². The van der Waals surface area contributed by atoms with Gasteiger partial charge < -0.3 is 9.90 Å². The second-order valence-electron chi connectivity index (χ2n) is 5.34. The SMILES string of the molecule is CC[N+]1(CC(=O)[O-])C(=O)C(=O)N(Cc2ccc(Cl)c([N+](=O)[O-])c2)C1=O. The number of aliphatic carboxylic acids is 1. The molecule has 132 valence electrons. The van der Waals surface area contributed by atoms with E-state index in [9.17, 15) is 34.4 Å². The number of hydrogen-bond acceptors (Lipinski definition) is 7. The quantitative estimate of drug-likeness (QED) is 0.223. The van der Waals surface area contributed by atoms with Crippen LogP contribution in [0.5, 0.6) is 0 Å². The van der Waals surface area contributed by atoms with Gasteiger partial charge in [0.15, 0.2) is 0 Å². The number of rotatable bonds is 6. The average molecular weight is 370 g/mol. The first-order valence-electron chi connectivity index (χ1n) is 7.04. The second kappa shape index (κ2) is 6.57. The number of nitro benzene ring substituents is 1. The molecule has 1 aliphatic heterocycles. The zero-order valence-electron chi connectivity index (χ0n) is 12.9. The number of urea groups is 1. The van der Waals surface area contributed by atoms with Gasteiger partial charge in [0.1, 0.15) is 11.6 Å². The van der Waals surface area contributed by atoms with Crippen molar-refractivity contribution in [3.05, 3.63) is 38.9 Å². The molecule has 1 unspecified atom stereocenters. The standard InChI is InChI=1S/C14H12ClN3O7/c1-2-18(7-11(19)20)13(22)12(21)16(14(18)23)6-8-3-4-9(15)10(5-8)17(24)25/h3-5H,2,6-7H2,1H3. The van der Waals surface area contributed by atoms with Crippen molar-refractivity contribution >= 4 is 41.1 Å². The second-order valence-corrected chi connectivity index (χ2v) is 5.74. The minimum absolute atomic E-state index is 0.125. The van der Waals surface area contributed by atoms with Crippen LogP contribution in [0.2, 0.25) is 5.02 Å². The van der Waals surface area contributed by atoms with Gasteiger partial charge in [-0.3, -0.25) is 14.9 Å². The fourth-order valence-corrected chi connectivity index (χ4v) is 2.76. The molecule has 1 atom stereocenters. The smallest absolute Gasteiger partial charge is 0.434 e. The van der Waals surface area contributed by atoms with Crippen LogP contribution >= 0.6 is 11.6 Å². The molecule has 11 heteroatoms. The molecule has 10 nitrogen and oxygen atoms in total. The Morgan fingerprint density at radius 3 is 2.48 bits per heavy atom. The molecular weight excluding hydrogens is 358 g/mol. The highest BCUT2D eigenvalue weighted by Crippen LogP contribution is 2.28. The van der Waals surface area contributed by atoms with E-state index in [0.29, 0.717) is 4.90 Å². The van der Waals surface area contributed by atoms with Gasteiger partial charge in [-0.1, -0.05) is 17.7 Å². The number of carboxylic acid groups (broad SMARTS) is 1. The number of hydrogen-bond donors (Lipinski definition) is 0. The molecule has 1 heterocycles. The van der Waals surface area contributed by atoms with Crippen LogP contribution in [-0.2, 0) is 20.9 Å². The lowest BCUT2D eigenvalue weighted by Crippen LogP contribution is -2.58. The monoisotopic (exact) mass is 369 g/mol. The maximum atomic E-state index is 12.5. The largest absolute Gasteiger partial charge is 0.544 e. The van der Waals surface area contributed by atoms with E-state index in [0.717, 1.165) is 6.07 Å². The van der Waals surface area contributed by atoms with Gasteiger partial charge in [-0.05, 0) is 18.6 Å². The van der Waals surface area contributed by atoms with Crippen LogP contribution in [0.3, 0.4) is 0 Å². The summed E-state index contributed by atoms with van der Waals surface area (Å²) < 4.78 is -1.21. The van der Waals surface area contributed by atoms with E-state index < -0.39 is 52.0 Å². The van der Waals surface area contributed by atoms with Crippen LogP contribution in [0.25, 0.3) is 0 Å². The van der Waals surface area contributed by atoms with Crippen LogP contribution in [0, 0.1) is 10.1 Å². The summed E-state index contributed by atoms with van der Waals surface area (Å²) in [7, 11) is 0. The van der Waals surface area contributed by atoms with Crippen molar-refractivity contribution in [2.45, 2.75) is 13.5 Å². The van der Waals surface area contributed by atoms with E-state index in [1.54, 1.807) is 0 Å². The summed E-state index contributed by atoms with van der Waals surface area (Å²) in [6.45, 7) is -0.233. The Kier molecular flexibility index (Phi) is 4.86. The maximum Gasteiger partial charge on any atom is 0.434 e. The van der Waals surface area contributed by atoms with Crippen molar-refractivity contribution in [2.24, 2.45) is 0 Å². The molecule has 0 N–H and O–H groups in total. The van der Waals surface area contributed by atoms with Crippen molar-refractivity contribution in [2.75, 3.05) is 13.1 Å². The van der Waals surface area contributed by atoms with Crippen LogP contribution in [0.1, 0.15) is 12.5 Å². The van der Waals surface area contributed by atoms with Gasteiger partial charge in [-0.15, -0.1) is 0 Å². The number of quaternary nitrogens is 1. The Morgan fingerprint density at radius 2 is 1.96 bits per heavy atom. The summed E-state index contributed by atoms with van der Waals surface area (Å²) in [6, 6.07) is 2.65. The molecule has 1 fully saturated rings. The fourth-order valence-electron chi connectivity index (χ4n) is 2.57. The van der Waals surface area contributed by atoms with Gasteiger partial charge in [-0.25, -0.2) is 14.5 Å². The molecule has 0 spiro atoms. The molecule has 0 saturated carbocycles. The third-order valence-corrected chi connectivity index (χ3v) is 4.22. The first kappa shape index (κ1) is 18.5. The number of carbonyl (C=O) groups excluding carboxylic acids is 4. The number of likely N-dealkylation sites (N-methyl/N-ethyl adjacent to an activating group) is 1. The zero-order chi connectivity index (χ0) is 18.9. The van der Waals surface area contributed by atoms with Gasteiger partial charge in [0, 0.05) is 6.07 Å². The third kappa shape index (κ3) is 3.08. The number of imide groups is 2. The predicted octanol–water partition coefficient (Wildman–Crippen LogP) is -0.176. The van der Waals surface area contributed by atoms with E-state index in [1.165, 1.54) is 19.1 Å². The van der Waals surface area contributed by atoms with Crippen LogP contribution in [0.4, 0.5) is 10.5 Å². The van der Waals surface area contributed by atoms with Gasteiger partial charge >= 0.3 is 17.8 Å². The normalized spacial score (nSPS) is 20.2. The summed E-state index contributed by atoms with van der Waals surface area (Å²) >= 11 is 5.69. The topological polar surface area (TPSA) is 138 Å². The molecule has 1 aromatic rings. The number of nitro groups is 1. The lowest BCUT2D eigenvalue weighted by Gasteiger charge is -2.26. The summed E-state index contributed by atoms with van der Waals surface area (Å²) in [5.74, 6) is -4.01. The van der Waals surface area contributed by atoms with Crippen molar-refractivity contribution in [1.82, 2.24) is 4.90 Å². The Balaban J connectivity index is 2.38. The highest BCUT2D eigenvalue weighted by molar-refractivity contribution is 6.40. The lowest BCUT2D eigenvalue weighted by molar-refractivity contribution is -0.761. The van der Waals surface area contributed by atoms with Crippen molar-refractivity contribution in [3.63, 3.8) is 0 Å². The molecule has 1 aromatic carbocycles. The third-order valence-electron chi connectivity index (χ3n) is 3.90. The molecular formula is C14H12ClN3O7. The van der Waals surface area contributed by atoms with E-state index in [2.05, 4.69) is 0 Å².